The van der Waals surface area contributed by atoms with Crippen molar-refractivity contribution in [2.24, 2.45) is 0 Å². The molecule has 0 amide bonds. The topological polar surface area (TPSA) is 3.24 Å². The molecule has 0 spiro atoms. The molecule has 0 radical (unpaired) electrons. The zero-order valence-electron chi connectivity index (χ0n) is 12.4. The van der Waals surface area contributed by atoms with E-state index in [4.69, 9.17) is 0 Å². The van der Waals surface area contributed by atoms with Crippen LogP contribution in [-0.4, -0.2) is 14.2 Å². The van der Waals surface area contributed by atoms with Gasteiger partial charge in [-0.1, -0.05) is 71.9 Å². The molecule has 104 valence electrons. The van der Waals surface area contributed by atoms with Gasteiger partial charge in [0.2, 0.25) is 0 Å². The number of benzene rings is 2. The maximum absolute atomic E-state index is 2.61. The lowest BCUT2D eigenvalue weighted by molar-refractivity contribution is 0.436. The number of allylic oxidation sites excluding steroid dienone is 1. The first kappa shape index (κ1) is 14.8. The van der Waals surface area contributed by atoms with Crippen LogP contribution in [0, 0.1) is 0 Å². The first-order valence-electron chi connectivity index (χ1n) is 7.17. The van der Waals surface area contributed by atoms with Crippen LogP contribution in [0.25, 0.3) is 0 Å². The van der Waals surface area contributed by atoms with E-state index in [0.717, 1.165) is 13.1 Å². The van der Waals surface area contributed by atoms with Gasteiger partial charge in [-0.3, -0.25) is 0 Å². The summed E-state index contributed by atoms with van der Waals surface area (Å²) in [7, 11) is -0.339. The molecule has 2 aromatic rings. The second-order valence-electron chi connectivity index (χ2n) is 5.42. The van der Waals surface area contributed by atoms with Crippen LogP contribution in [0.15, 0.2) is 71.9 Å². The van der Waals surface area contributed by atoms with E-state index < -0.39 is 0 Å². The fourth-order valence-electron chi connectivity index (χ4n) is 2.18. The molecule has 0 bridgehead atoms. The number of nitrogens with zero attached hydrogens (tertiary/aromatic N) is 1. The van der Waals surface area contributed by atoms with Crippen LogP contribution in [0.1, 0.15) is 25.0 Å². The summed E-state index contributed by atoms with van der Waals surface area (Å²) in [5.74, 6) is 0. The first-order chi connectivity index (χ1) is 9.74. The number of hydrogen-bond acceptors (Lipinski definition) is 1. The molecule has 0 aliphatic carbocycles. The summed E-state index contributed by atoms with van der Waals surface area (Å²) in [6.45, 7) is 6.48. The van der Waals surface area contributed by atoms with Gasteiger partial charge in [0.15, 0.2) is 0 Å². The highest BCUT2D eigenvalue weighted by Crippen LogP contribution is 2.09. The van der Waals surface area contributed by atoms with Crippen molar-refractivity contribution in [3.05, 3.63) is 83.1 Å². The summed E-state index contributed by atoms with van der Waals surface area (Å²) in [6, 6.07) is 21.5. The fraction of sp³-hybridized carbons (Fsp3) is 0.222. The number of hydrogen-bond donors (Lipinski definition) is 0. The van der Waals surface area contributed by atoms with Gasteiger partial charge in [0.25, 0.3) is 0 Å². The fourth-order valence-corrected chi connectivity index (χ4v) is 3.58. The summed E-state index contributed by atoms with van der Waals surface area (Å²) in [5.41, 5.74) is 6.67. The molecule has 0 atom stereocenters. The van der Waals surface area contributed by atoms with Crippen molar-refractivity contribution in [3.8, 4) is 0 Å². The minimum atomic E-state index is -0.339. The van der Waals surface area contributed by atoms with Gasteiger partial charge in [-0.2, -0.15) is 0 Å². The van der Waals surface area contributed by atoms with E-state index in [1.807, 2.05) is 0 Å². The Morgan fingerprint density at radius 3 is 1.70 bits per heavy atom. The van der Waals surface area contributed by atoms with E-state index in [2.05, 4.69) is 84.8 Å². The second kappa shape index (κ2) is 7.83. The van der Waals surface area contributed by atoms with Gasteiger partial charge in [-0.15, -0.1) is 0 Å². The summed E-state index contributed by atoms with van der Waals surface area (Å²) in [4.78, 5) is 0. The lowest BCUT2D eigenvalue weighted by atomic mass is 10.2. The Hall–Kier alpha value is -1.64. The van der Waals surface area contributed by atoms with Gasteiger partial charge in [0.1, 0.15) is 9.68 Å². The second-order valence-corrected chi connectivity index (χ2v) is 7.09. The summed E-state index contributed by atoms with van der Waals surface area (Å²) < 4.78 is 2.61. The zero-order chi connectivity index (χ0) is 14.2. The van der Waals surface area contributed by atoms with Crippen LogP contribution in [0.5, 0.6) is 0 Å². The van der Waals surface area contributed by atoms with Gasteiger partial charge in [-0.25, -0.2) is 0 Å². The van der Waals surface area contributed by atoms with Crippen molar-refractivity contribution < 1.29 is 0 Å². The molecule has 0 aliphatic rings. The molecule has 0 N–H and O–H groups in total. The monoisotopic (exact) mass is 281 g/mol. The van der Waals surface area contributed by atoms with Gasteiger partial charge in [0.05, 0.1) is 0 Å². The molecule has 1 nitrogen and oxygen atoms in total. The van der Waals surface area contributed by atoms with Gasteiger partial charge in [0, 0.05) is 13.1 Å². The molecular formula is C18H23NSi. The Morgan fingerprint density at radius 2 is 1.30 bits per heavy atom. The molecular weight excluding hydrogens is 258 g/mol. The third-order valence-electron chi connectivity index (χ3n) is 3.26. The van der Waals surface area contributed by atoms with Crippen LogP contribution < -0.4 is 0 Å². The molecule has 0 aromatic heterocycles. The minimum absolute atomic E-state index is 0.339. The molecule has 0 saturated carbocycles. The highest BCUT2D eigenvalue weighted by Gasteiger charge is 2.05. The van der Waals surface area contributed by atoms with Gasteiger partial charge >= 0.3 is 0 Å². The van der Waals surface area contributed by atoms with Crippen LogP contribution in [0.4, 0.5) is 0 Å². The third kappa shape index (κ3) is 5.15. The van der Waals surface area contributed by atoms with Crippen molar-refractivity contribution in [3.63, 3.8) is 0 Å². The standard InChI is InChI=1S/C18H23NSi/c1-16(2)15-20-19(13-17-9-5-3-6-10-17)14-18-11-7-4-8-12-18/h3-12,15H,13-14,20H2,1-2H3. The van der Waals surface area contributed by atoms with Crippen LogP contribution in [-0.2, 0) is 13.1 Å². The molecule has 20 heavy (non-hydrogen) atoms. The van der Waals surface area contributed by atoms with Crippen molar-refractivity contribution in [2.45, 2.75) is 26.9 Å². The maximum atomic E-state index is 2.61. The number of rotatable bonds is 6. The summed E-state index contributed by atoms with van der Waals surface area (Å²) in [5, 5.41) is 0. The average Bonchev–Trinajstić information content (AvgIpc) is 2.47. The highest BCUT2D eigenvalue weighted by atomic mass is 28.2. The van der Waals surface area contributed by atoms with Crippen molar-refractivity contribution in [1.82, 2.24) is 4.57 Å². The van der Waals surface area contributed by atoms with Gasteiger partial charge < -0.3 is 4.57 Å². The Labute approximate surface area is 124 Å². The minimum Gasteiger partial charge on any atom is -0.317 e. The maximum Gasteiger partial charge on any atom is 0.120 e. The zero-order valence-corrected chi connectivity index (χ0v) is 13.8. The lowest BCUT2D eigenvalue weighted by Gasteiger charge is -2.21. The first-order valence-corrected chi connectivity index (χ1v) is 8.62. The molecule has 0 heterocycles. The predicted molar refractivity (Wildman–Crippen MR) is 90.1 cm³/mol. The van der Waals surface area contributed by atoms with E-state index in [-0.39, 0.29) is 9.68 Å². The molecule has 0 aliphatic heterocycles. The van der Waals surface area contributed by atoms with E-state index in [1.54, 1.807) is 0 Å². The summed E-state index contributed by atoms with van der Waals surface area (Å²) >= 11 is 0. The molecule has 0 unspecified atom stereocenters. The molecule has 0 saturated heterocycles. The van der Waals surface area contributed by atoms with Crippen LogP contribution in [0.2, 0.25) is 0 Å². The smallest absolute Gasteiger partial charge is 0.120 e. The Bertz CT molecular complexity index is 488. The average molecular weight is 281 g/mol. The SMILES string of the molecule is CC(C)=C[SiH2]N(Cc1ccccc1)Cc1ccccc1. The lowest BCUT2D eigenvalue weighted by Crippen LogP contribution is -2.26. The Morgan fingerprint density at radius 1 is 0.850 bits per heavy atom. The molecule has 2 heteroatoms. The van der Waals surface area contributed by atoms with Crippen LogP contribution >= 0.6 is 0 Å². The van der Waals surface area contributed by atoms with Crippen LogP contribution in [0.3, 0.4) is 0 Å². The quantitative estimate of drug-likeness (QED) is 0.730. The Kier molecular flexibility index (Phi) is 5.78. The predicted octanol–water partition coefficient (Wildman–Crippen LogP) is 3.70. The van der Waals surface area contributed by atoms with E-state index in [1.165, 1.54) is 16.7 Å². The van der Waals surface area contributed by atoms with Crippen molar-refractivity contribution in [2.75, 3.05) is 0 Å². The molecule has 2 aromatic carbocycles. The van der Waals surface area contributed by atoms with Crippen molar-refractivity contribution in [1.29, 1.82) is 0 Å². The van der Waals surface area contributed by atoms with E-state index in [0.29, 0.717) is 0 Å². The van der Waals surface area contributed by atoms with Gasteiger partial charge in [-0.05, 0) is 25.0 Å². The summed E-state index contributed by atoms with van der Waals surface area (Å²) in [6.07, 6.45) is 0. The Balaban J connectivity index is 2.06. The molecule has 2 rings (SSSR count). The largest absolute Gasteiger partial charge is 0.317 e. The van der Waals surface area contributed by atoms with E-state index in [9.17, 15) is 0 Å². The third-order valence-corrected chi connectivity index (χ3v) is 5.22. The van der Waals surface area contributed by atoms with E-state index >= 15 is 0 Å². The van der Waals surface area contributed by atoms with Crippen molar-refractivity contribution >= 4 is 9.68 Å². The molecule has 0 fully saturated rings. The normalized spacial score (nSPS) is 11.2. The highest BCUT2D eigenvalue weighted by molar-refractivity contribution is 6.38.